The van der Waals surface area contributed by atoms with Gasteiger partial charge in [-0.15, -0.1) is 0 Å². The number of amides is 3. The van der Waals surface area contributed by atoms with Gasteiger partial charge < -0.3 is 20.7 Å². The maximum Gasteiger partial charge on any atom is 0.255 e. The van der Waals surface area contributed by atoms with Gasteiger partial charge in [0.2, 0.25) is 5.91 Å². The number of hydrogen-bond acceptors (Lipinski definition) is 4. The molecule has 0 saturated carbocycles. The molecule has 7 nitrogen and oxygen atoms in total. The van der Waals surface area contributed by atoms with Crippen molar-refractivity contribution < 1.29 is 19.1 Å². The van der Waals surface area contributed by atoms with Gasteiger partial charge in [0, 0.05) is 30.6 Å². The molecule has 3 amide bonds. The highest BCUT2D eigenvalue weighted by Crippen LogP contribution is 2.19. The molecule has 0 aliphatic carbocycles. The van der Waals surface area contributed by atoms with Crippen LogP contribution in [0, 0.1) is 0 Å². The maximum atomic E-state index is 12.7. The van der Waals surface area contributed by atoms with E-state index in [0.29, 0.717) is 30.0 Å². The highest BCUT2D eigenvalue weighted by Gasteiger charge is 2.23. The molecule has 0 radical (unpaired) electrons. The van der Waals surface area contributed by atoms with Crippen molar-refractivity contribution in [3.8, 4) is 0 Å². The summed E-state index contributed by atoms with van der Waals surface area (Å²) in [5.74, 6) is -0.663. The molecule has 2 aromatic carbocycles. The number of carbonyl (C=O) groups is 3. The van der Waals surface area contributed by atoms with Gasteiger partial charge >= 0.3 is 0 Å². The van der Waals surface area contributed by atoms with Crippen LogP contribution in [-0.2, 0) is 20.7 Å². The SMILES string of the molecule is CNC(=O)Cc1ccccc1NC(=O)c1cccc(NC(=O)C2CCCO2)c1. The number of para-hydroxylation sites is 1. The van der Waals surface area contributed by atoms with E-state index in [1.807, 2.05) is 6.07 Å². The van der Waals surface area contributed by atoms with E-state index in [4.69, 9.17) is 4.74 Å². The van der Waals surface area contributed by atoms with Gasteiger partial charge in [0.05, 0.1) is 6.42 Å². The lowest BCUT2D eigenvalue weighted by molar-refractivity contribution is -0.124. The highest BCUT2D eigenvalue weighted by molar-refractivity contribution is 6.06. The standard InChI is InChI=1S/C21H23N3O4/c1-22-19(25)13-14-6-2-3-9-17(14)24-20(26)15-7-4-8-16(12-15)23-21(27)18-10-5-11-28-18/h2-4,6-9,12,18H,5,10-11,13H2,1H3,(H,22,25)(H,23,27)(H,24,26). The Morgan fingerprint density at radius 1 is 1.07 bits per heavy atom. The van der Waals surface area contributed by atoms with Crippen LogP contribution < -0.4 is 16.0 Å². The Balaban J connectivity index is 1.70. The molecule has 1 fully saturated rings. The number of nitrogens with one attached hydrogen (secondary N) is 3. The van der Waals surface area contributed by atoms with E-state index in [1.54, 1.807) is 49.5 Å². The molecule has 1 aliphatic heterocycles. The fraction of sp³-hybridized carbons (Fsp3) is 0.286. The summed E-state index contributed by atoms with van der Waals surface area (Å²) in [6.07, 6.45) is 1.31. The zero-order valence-electron chi connectivity index (χ0n) is 15.7. The first kappa shape index (κ1) is 19.6. The van der Waals surface area contributed by atoms with Crippen molar-refractivity contribution in [2.24, 2.45) is 0 Å². The first-order valence-electron chi connectivity index (χ1n) is 9.19. The van der Waals surface area contributed by atoms with Crippen LogP contribution in [0.1, 0.15) is 28.8 Å². The monoisotopic (exact) mass is 381 g/mol. The van der Waals surface area contributed by atoms with Crippen LogP contribution in [0.2, 0.25) is 0 Å². The van der Waals surface area contributed by atoms with Crippen LogP contribution in [0.5, 0.6) is 0 Å². The molecule has 146 valence electrons. The molecular weight excluding hydrogens is 358 g/mol. The molecule has 0 spiro atoms. The van der Waals surface area contributed by atoms with Gasteiger partial charge in [-0.3, -0.25) is 14.4 Å². The first-order chi connectivity index (χ1) is 13.6. The molecule has 7 heteroatoms. The van der Waals surface area contributed by atoms with Crippen LogP contribution in [0.25, 0.3) is 0 Å². The van der Waals surface area contributed by atoms with E-state index in [1.165, 1.54) is 0 Å². The Morgan fingerprint density at radius 3 is 2.64 bits per heavy atom. The van der Waals surface area contributed by atoms with Gasteiger partial charge in [0.1, 0.15) is 6.10 Å². The summed E-state index contributed by atoms with van der Waals surface area (Å²) in [6, 6.07) is 13.9. The lowest BCUT2D eigenvalue weighted by Gasteiger charge is -2.13. The lowest BCUT2D eigenvalue weighted by atomic mass is 10.1. The van der Waals surface area contributed by atoms with Crippen molar-refractivity contribution in [3.63, 3.8) is 0 Å². The van der Waals surface area contributed by atoms with E-state index in [-0.39, 0.29) is 24.1 Å². The van der Waals surface area contributed by atoms with Gasteiger partial charge in [-0.05, 0) is 42.7 Å². The molecule has 1 heterocycles. The van der Waals surface area contributed by atoms with Crippen molar-refractivity contribution in [2.75, 3.05) is 24.3 Å². The number of ether oxygens (including phenoxy) is 1. The first-order valence-corrected chi connectivity index (χ1v) is 9.19. The normalized spacial score (nSPS) is 15.7. The van der Waals surface area contributed by atoms with Crippen LogP contribution >= 0.6 is 0 Å². The molecule has 0 aromatic heterocycles. The summed E-state index contributed by atoms with van der Waals surface area (Å²) >= 11 is 0. The van der Waals surface area contributed by atoms with Crippen molar-refractivity contribution in [1.29, 1.82) is 0 Å². The van der Waals surface area contributed by atoms with E-state index in [2.05, 4.69) is 16.0 Å². The Labute approximate surface area is 163 Å². The quantitative estimate of drug-likeness (QED) is 0.716. The summed E-state index contributed by atoms with van der Waals surface area (Å²) in [4.78, 5) is 36.5. The third kappa shape index (κ3) is 4.95. The fourth-order valence-corrected chi connectivity index (χ4v) is 3.00. The second-order valence-electron chi connectivity index (χ2n) is 6.53. The molecule has 2 aromatic rings. The number of likely N-dealkylation sites (N-methyl/N-ethyl adjacent to an activating group) is 1. The van der Waals surface area contributed by atoms with Crippen LogP contribution in [0.4, 0.5) is 11.4 Å². The molecule has 1 unspecified atom stereocenters. The van der Waals surface area contributed by atoms with Gasteiger partial charge in [-0.1, -0.05) is 24.3 Å². The number of carbonyl (C=O) groups excluding carboxylic acids is 3. The second-order valence-corrected chi connectivity index (χ2v) is 6.53. The summed E-state index contributed by atoms with van der Waals surface area (Å²) in [5.41, 5.74) is 2.23. The second kappa shape index (κ2) is 9.14. The molecule has 0 bridgehead atoms. The zero-order chi connectivity index (χ0) is 19.9. The minimum atomic E-state index is -0.436. The fourth-order valence-electron chi connectivity index (χ4n) is 3.00. The van der Waals surface area contributed by atoms with Crippen molar-refractivity contribution in [3.05, 3.63) is 59.7 Å². The third-order valence-corrected chi connectivity index (χ3v) is 4.51. The smallest absolute Gasteiger partial charge is 0.255 e. The maximum absolute atomic E-state index is 12.7. The van der Waals surface area contributed by atoms with Gasteiger partial charge in [0.15, 0.2) is 0 Å². The third-order valence-electron chi connectivity index (χ3n) is 4.51. The van der Waals surface area contributed by atoms with Crippen LogP contribution in [0.3, 0.4) is 0 Å². The van der Waals surface area contributed by atoms with Gasteiger partial charge in [-0.2, -0.15) is 0 Å². The lowest BCUT2D eigenvalue weighted by Crippen LogP contribution is -2.27. The van der Waals surface area contributed by atoms with E-state index in [9.17, 15) is 14.4 Å². The molecular formula is C21H23N3O4. The van der Waals surface area contributed by atoms with Crippen molar-refractivity contribution >= 4 is 29.1 Å². The Morgan fingerprint density at radius 2 is 1.89 bits per heavy atom. The number of hydrogen-bond donors (Lipinski definition) is 3. The molecule has 28 heavy (non-hydrogen) atoms. The summed E-state index contributed by atoms with van der Waals surface area (Å²) in [5, 5.41) is 8.20. The number of anilines is 2. The van der Waals surface area contributed by atoms with Crippen molar-refractivity contribution in [1.82, 2.24) is 5.32 Å². The molecule has 1 saturated heterocycles. The Bertz CT molecular complexity index is 875. The Hall–Kier alpha value is -3.19. The predicted octanol–water partition coefficient (Wildman–Crippen LogP) is 2.34. The van der Waals surface area contributed by atoms with Gasteiger partial charge in [0.25, 0.3) is 11.8 Å². The average Bonchev–Trinajstić information content (AvgIpc) is 3.24. The topological polar surface area (TPSA) is 96.5 Å². The summed E-state index contributed by atoms with van der Waals surface area (Å²) in [6.45, 7) is 0.593. The van der Waals surface area contributed by atoms with Crippen LogP contribution in [0.15, 0.2) is 48.5 Å². The number of benzene rings is 2. The highest BCUT2D eigenvalue weighted by atomic mass is 16.5. The Kier molecular flexibility index (Phi) is 6.39. The van der Waals surface area contributed by atoms with Crippen LogP contribution in [-0.4, -0.2) is 37.5 Å². The molecule has 3 rings (SSSR count). The summed E-state index contributed by atoms with van der Waals surface area (Å²) < 4.78 is 5.37. The van der Waals surface area contributed by atoms with E-state index < -0.39 is 6.10 Å². The summed E-state index contributed by atoms with van der Waals surface area (Å²) in [7, 11) is 1.57. The average molecular weight is 381 g/mol. The largest absolute Gasteiger partial charge is 0.368 e. The van der Waals surface area contributed by atoms with Gasteiger partial charge in [-0.25, -0.2) is 0 Å². The molecule has 3 N–H and O–H groups in total. The number of rotatable bonds is 6. The van der Waals surface area contributed by atoms with E-state index >= 15 is 0 Å². The molecule has 1 atom stereocenters. The van der Waals surface area contributed by atoms with E-state index in [0.717, 1.165) is 12.0 Å². The molecule has 1 aliphatic rings. The minimum absolute atomic E-state index is 0.138. The zero-order valence-corrected chi connectivity index (χ0v) is 15.7. The minimum Gasteiger partial charge on any atom is -0.368 e. The predicted molar refractivity (Wildman–Crippen MR) is 106 cm³/mol. The van der Waals surface area contributed by atoms with Crippen molar-refractivity contribution in [2.45, 2.75) is 25.4 Å².